The smallest absolute Gasteiger partial charge is 0.104 e. The lowest BCUT2D eigenvalue weighted by Gasteiger charge is -2.04. The summed E-state index contributed by atoms with van der Waals surface area (Å²) in [7, 11) is 1.33. The standard InChI is InChI=1S/C11H24O3Si/c15-8-4-3-6-12-5-1-2-7-13-9-11-10-14-11/h11H,1-10H2,15H3. The van der Waals surface area contributed by atoms with Gasteiger partial charge < -0.3 is 14.2 Å². The molecule has 4 heteroatoms. The summed E-state index contributed by atoms with van der Waals surface area (Å²) in [4.78, 5) is 0. The van der Waals surface area contributed by atoms with Gasteiger partial charge in [0.15, 0.2) is 0 Å². The normalized spacial score (nSPS) is 19.6. The lowest BCUT2D eigenvalue weighted by atomic mass is 10.3. The predicted octanol–water partition coefficient (Wildman–Crippen LogP) is 0.762. The summed E-state index contributed by atoms with van der Waals surface area (Å²) in [5, 5.41) is 0. The summed E-state index contributed by atoms with van der Waals surface area (Å²) < 4.78 is 16.0. The van der Waals surface area contributed by atoms with Crippen LogP contribution in [-0.4, -0.2) is 49.4 Å². The molecule has 1 heterocycles. The van der Waals surface area contributed by atoms with Gasteiger partial charge in [0.2, 0.25) is 0 Å². The quantitative estimate of drug-likeness (QED) is 0.299. The molecule has 1 fully saturated rings. The lowest BCUT2D eigenvalue weighted by molar-refractivity contribution is 0.0936. The van der Waals surface area contributed by atoms with Crippen LogP contribution in [0.15, 0.2) is 0 Å². The van der Waals surface area contributed by atoms with Crippen molar-refractivity contribution < 1.29 is 14.2 Å². The molecule has 0 N–H and O–H groups in total. The summed E-state index contributed by atoms with van der Waals surface area (Å²) in [5.74, 6) is 0. The first-order valence-electron chi connectivity index (χ1n) is 6.20. The van der Waals surface area contributed by atoms with Crippen LogP contribution in [0, 0.1) is 0 Å². The van der Waals surface area contributed by atoms with Gasteiger partial charge in [-0.3, -0.25) is 0 Å². The first-order chi connectivity index (χ1) is 7.43. The minimum atomic E-state index is 0.402. The van der Waals surface area contributed by atoms with E-state index in [1.807, 2.05) is 0 Å². The number of hydrogen-bond acceptors (Lipinski definition) is 3. The highest BCUT2D eigenvalue weighted by atomic mass is 28.1. The summed E-state index contributed by atoms with van der Waals surface area (Å²) >= 11 is 0. The van der Waals surface area contributed by atoms with Gasteiger partial charge in [-0.15, -0.1) is 0 Å². The van der Waals surface area contributed by atoms with Crippen molar-refractivity contribution in [3.8, 4) is 0 Å². The van der Waals surface area contributed by atoms with E-state index in [9.17, 15) is 0 Å². The van der Waals surface area contributed by atoms with E-state index in [-0.39, 0.29) is 0 Å². The lowest BCUT2D eigenvalue weighted by Crippen LogP contribution is -2.04. The second kappa shape index (κ2) is 9.33. The van der Waals surface area contributed by atoms with Gasteiger partial charge in [0, 0.05) is 30.1 Å². The Labute approximate surface area is 95.9 Å². The molecule has 1 aliphatic heterocycles. The number of epoxide rings is 1. The van der Waals surface area contributed by atoms with Crippen LogP contribution in [0.5, 0.6) is 0 Å². The van der Waals surface area contributed by atoms with Crippen molar-refractivity contribution in [2.75, 3.05) is 33.0 Å². The predicted molar refractivity (Wildman–Crippen MR) is 64.6 cm³/mol. The van der Waals surface area contributed by atoms with Crippen molar-refractivity contribution >= 4 is 10.2 Å². The van der Waals surface area contributed by atoms with Crippen molar-refractivity contribution in [3.63, 3.8) is 0 Å². The van der Waals surface area contributed by atoms with Gasteiger partial charge in [0.05, 0.1) is 13.2 Å². The van der Waals surface area contributed by atoms with E-state index >= 15 is 0 Å². The maximum atomic E-state index is 5.51. The monoisotopic (exact) mass is 232 g/mol. The zero-order chi connectivity index (χ0) is 10.8. The average Bonchev–Trinajstić information content (AvgIpc) is 3.05. The van der Waals surface area contributed by atoms with Gasteiger partial charge in [-0.1, -0.05) is 12.5 Å². The molecular formula is C11H24O3Si. The van der Waals surface area contributed by atoms with E-state index < -0.39 is 0 Å². The van der Waals surface area contributed by atoms with Gasteiger partial charge in [-0.2, -0.15) is 0 Å². The van der Waals surface area contributed by atoms with Crippen LogP contribution in [-0.2, 0) is 14.2 Å². The highest BCUT2D eigenvalue weighted by Gasteiger charge is 2.21. The van der Waals surface area contributed by atoms with Crippen LogP contribution in [0.4, 0.5) is 0 Å². The molecule has 1 unspecified atom stereocenters. The van der Waals surface area contributed by atoms with E-state index in [0.29, 0.717) is 6.10 Å². The van der Waals surface area contributed by atoms with Crippen molar-refractivity contribution in [3.05, 3.63) is 0 Å². The molecule has 15 heavy (non-hydrogen) atoms. The molecule has 0 aromatic carbocycles. The van der Waals surface area contributed by atoms with Gasteiger partial charge in [-0.05, 0) is 19.3 Å². The van der Waals surface area contributed by atoms with E-state index in [2.05, 4.69) is 0 Å². The Kier molecular flexibility index (Phi) is 8.19. The van der Waals surface area contributed by atoms with Gasteiger partial charge in [-0.25, -0.2) is 0 Å². The maximum Gasteiger partial charge on any atom is 0.104 e. The molecule has 0 amide bonds. The second-order valence-corrected chi connectivity index (χ2v) is 5.06. The minimum Gasteiger partial charge on any atom is -0.381 e. The molecule has 0 aromatic rings. The molecule has 0 spiro atoms. The Morgan fingerprint density at radius 2 is 1.60 bits per heavy atom. The van der Waals surface area contributed by atoms with Crippen LogP contribution in [0.1, 0.15) is 25.7 Å². The van der Waals surface area contributed by atoms with E-state index in [1.54, 1.807) is 0 Å². The molecule has 0 bridgehead atoms. The summed E-state index contributed by atoms with van der Waals surface area (Å²) in [5.41, 5.74) is 0. The van der Waals surface area contributed by atoms with Crippen LogP contribution in [0.2, 0.25) is 6.04 Å². The van der Waals surface area contributed by atoms with Crippen LogP contribution in [0.25, 0.3) is 0 Å². The zero-order valence-corrected chi connectivity index (χ0v) is 11.9. The highest BCUT2D eigenvalue weighted by molar-refractivity contribution is 6.08. The van der Waals surface area contributed by atoms with Crippen molar-refractivity contribution in [1.82, 2.24) is 0 Å². The molecular weight excluding hydrogens is 208 g/mol. The van der Waals surface area contributed by atoms with Crippen molar-refractivity contribution in [2.24, 2.45) is 0 Å². The molecule has 1 rings (SSSR count). The largest absolute Gasteiger partial charge is 0.381 e. The van der Waals surface area contributed by atoms with Crippen molar-refractivity contribution in [2.45, 2.75) is 37.8 Å². The minimum absolute atomic E-state index is 0.402. The van der Waals surface area contributed by atoms with Crippen LogP contribution >= 0.6 is 0 Å². The summed E-state index contributed by atoms with van der Waals surface area (Å²) in [6.07, 6.45) is 5.20. The molecule has 1 aliphatic rings. The maximum absolute atomic E-state index is 5.51. The molecule has 0 radical (unpaired) electrons. The van der Waals surface area contributed by atoms with E-state index in [4.69, 9.17) is 14.2 Å². The average molecular weight is 232 g/mol. The van der Waals surface area contributed by atoms with Crippen LogP contribution in [0.3, 0.4) is 0 Å². The third-order valence-corrected chi connectivity index (χ3v) is 3.13. The molecule has 0 aromatic heterocycles. The molecule has 1 saturated heterocycles. The fourth-order valence-electron chi connectivity index (χ4n) is 1.34. The SMILES string of the molecule is [SiH3]CCCCOCCCCOCC1CO1. The van der Waals surface area contributed by atoms with Gasteiger partial charge in [0.25, 0.3) is 0 Å². The Morgan fingerprint density at radius 3 is 2.20 bits per heavy atom. The van der Waals surface area contributed by atoms with Gasteiger partial charge in [0.1, 0.15) is 6.10 Å². The number of hydrogen-bond donors (Lipinski definition) is 0. The summed E-state index contributed by atoms with van der Waals surface area (Å²) in [6, 6.07) is 1.40. The number of ether oxygens (including phenoxy) is 3. The number of rotatable bonds is 11. The first-order valence-corrected chi connectivity index (χ1v) is 7.62. The third kappa shape index (κ3) is 9.05. The molecule has 0 aliphatic carbocycles. The molecule has 1 atom stereocenters. The fourth-order valence-corrected chi connectivity index (χ4v) is 1.84. The second-order valence-electron chi connectivity index (χ2n) is 4.06. The summed E-state index contributed by atoms with van der Waals surface area (Å²) in [6.45, 7) is 4.36. The Balaban J connectivity index is 1.62. The van der Waals surface area contributed by atoms with E-state index in [0.717, 1.165) is 45.9 Å². The van der Waals surface area contributed by atoms with E-state index in [1.165, 1.54) is 29.1 Å². The molecule has 3 nitrogen and oxygen atoms in total. The first kappa shape index (κ1) is 13.2. The fraction of sp³-hybridized carbons (Fsp3) is 1.00. The van der Waals surface area contributed by atoms with Gasteiger partial charge >= 0.3 is 0 Å². The Hall–Kier alpha value is 0.0969. The molecule has 90 valence electrons. The highest BCUT2D eigenvalue weighted by Crippen LogP contribution is 2.08. The zero-order valence-electron chi connectivity index (χ0n) is 9.87. The number of unbranched alkanes of at least 4 members (excludes halogenated alkanes) is 2. The van der Waals surface area contributed by atoms with Crippen molar-refractivity contribution in [1.29, 1.82) is 0 Å². The van der Waals surface area contributed by atoms with Crippen LogP contribution < -0.4 is 0 Å². The third-order valence-electron chi connectivity index (χ3n) is 2.43. The Morgan fingerprint density at radius 1 is 1.00 bits per heavy atom. The molecule has 0 saturated carbocycles. The Bertz CT molecular complexity index is 140. The topological polar surface area (TPSA) is 31.0 Å².